The van der Waals surface area contributed by atoms with Crippen molar-refractivity contribution in [3.05, 3.63) is 103 Å². The highest BCUT2D eigenvalue weighted by Crippen LogP contribution is 2.40. The van der Waals surface area contributed by atoms with Crippen molar-refractivity contribution in [3.63, 3.8) is 0 Å². The van der Waals surface area contributed by atoms with E-state index in [9.17, 15) is 23.1 Å². The van der Waals surface area contributed by atoms with E-state index in [2.05, 4.69) is 94.3 Å². The van der Waals surface area contributed by atoms with Crippen molar-refractivity contribution >= 4 is 41.5 Å². The van der Waals surface area contributed by atoms with Crippen LogP contribution in [0.15, 0.2) is 97.2 Å². The minimum atomic E-state index is -4.82. The van der Waals surface area contributed by atoms with Crippen LogP contribution in [0.2, 0.25) is 5.04 Å². The molecule has 3 aromatic carbocycles. The summed E-state index contributed by atoms with van der Waals surface area (Å²) in [5.41, 5.74) is 2.13. The van der Waals surface area contributed by atoms with Crippen LogP contribution in [0.1, 0.15) is 32.9 Å². The molecule has 1 saturated heterocycles. The van der Waals surface area contributed by atoms with Gasteiger partial charge in [-0.15, -0.1) is 13.2 Å². The Morgan fingerprint density at radius 2 is 1.58 bits per heavy atom. The van der Waals surface area contributed by atoms with E-state index in [-0.39, 0.29) is 23.4 Å². The van der Waals surface area contributed by atoms with E-state index < -0.39 is 20.8 Å². The second-order valence-electron chi connectivity index (χ2n) is 12.7. The SMILES string of the molecule is CC(C)(C)[Si](OC1CCN(c2ccnc3c2c(CNC(=O)O)nn3-c2ccc(OC(F)(F)F)cc2)C1)(c1ccccc1)c1ccccc1. The van der Waals surface area contributed by atoms with Gasteiger partial charge in [0.25, 0.3) is 8.32 Å². The number of ether oxygens (including phenoxy) is 1. The number of fused-ring (bicyclic) bond motifs is 1. The maximum Gasteiger partial charge on any atom is 0.573 e. The zero-order valence-corrected chi connectivity index (χ0v) is 27.7. The number of nitrogens with one attached hydrogen (secondary N) is 1. The van der Waals surface area contributed by atoms with Crippen molar-refractivity contribution in [1.82, 2.24) is 20.1 Å². The largest absolute Gasteiger partial charge is 0.573 e. The van der Waals surface area contributed by atoms with Crippen molar-refractivity contribution in [2.45, 2.75) is 51.2 Å². The van der Waals surface area contributed by atoms with Gasteiger partial charge in [0.15, 0.2) is 5.65 Å². The molecule has 1 unspecified atom stereocenters. The normalized spacial score (nSPS) is 15.5. The van der Waals surface area contributed by atoms with Gasteiger partial charge in [0.1, 0.15) is 5.75 Å². The van der Waals surface area contributed by atoms with Crippen molar-refractivity contribution in [1.29, 1.82) is 0 Å². The van der Waals surface area contributed by atoms with Crippen LogP contribution in [0.3, 0.4) is 0 Å². The Kier molecular flexibility index (Phi) is 8.92. The average Bonchev–Trinajstić information content (AvgIpc) is 3.67. The van der Waals surface area contributed by atoms with Gasteiger partial charge in [-0.3, -0.25) is 0 Å². The molecular formula is C35H36F3N5O4Si. The molecule has 1 aliphatic heterocycles. The van der Waals surface area contributed by atoms with Crippen molar-refractivity contribution < 1.29 is 32.2 Å². The van der Waals surface area contributed by atoms with Crippen molar-refractivity contribution in [2.75, 3.05) is 18.0 Å². The third-order valence-corrected chi connectivity index (χ3v) is 13.7. The minimum absolute atomic E-state index is 0.0946. The first kappa shape index (κ1) is 33.0. The molecule has 9 nitrogen and oxygen atoms in total. The Morgan fingerprint density at radius 1 is 0.958 bits per heavy atom. The molecule has 0 saturated carbocycles. The summed E-state index contributed by atoms with van der Waals surface area (Å²) in [4.78, 5) is 18.3. The molecule has 2 aromatic heterocycles. The maximum atomic E-state index is 12.8. The van der Waals surface area contributed by atoms with Crippen LogP contribution >= 0.6 is 0 Å². The number of alkyl halides is 3. The van der Waals surface area contributed by atoms with E-state index in [0.717, 1.165) is 12.1 Å². The number of carboxylic acid groups (broad SMARTS) is 1. The lowest BCUT2D eigenvalue weighted by atomic mass is 10.2. The molecule has 6 rings (SSSR count). The van der Waals surface area contributed by atoms with Gasteiger partial charge in [0.05, 0.1) is 35.1 Å². The van der Waals surface area contributed by atoms with Gasteiger partial charge in [-0.1, -0.05) is 81.4 Å². The zero-order valence-electron chi connectivity index (χ0n) is 26.7. The fourth-order valence-electron chi connectivity index (χ4n) is 6.60. The predicted molar refractivity (Wildman–Crippen MR) is 180 cm³/mol. The van der Waals surface area contributed by atoms with Crippen molar-refractivity contribution in [3.8, 4) is 11.4 Å². The van der Waals surface area contributed by atoms with Crippen LogP contribution < -0.4 is 25.3 Å². The van der Waals surface area contributed by atoms with Gasteiger partial charge in [0.2, 0.25) is 0 Å². The Hall–Kier alpha value is -4.88. The highest BCUT2D eigenvalue weighted by atomic mass is 28.4. The summed E-state index contributed by atoms with van der Waals surface area (Å²) in [5, 5.41) is 19.3. The minimum Gasteiger partial charge on any atom is -0.465 e. The Balaban J connectivity index is 1.36. The van der Waals surface area contributed by atoms with Gasteiger partial charge in [-0.25, -0.2) is 14.5 Å². The quantitative estimate of drug-likeness (QED) is 0.178. The molecular weight excluding hydrogens is 639 g/mol. The Bertz CT molecular complexity index is 1840. The second kappa shape index (κ2) is 13.0. The lowest BCUT2D eigenvalue weighted by molar-refractivity contribution is -0.274. The molecule has 0 spiro atoms. The van der Waals surface area contributed by atoms with Gasteiger partial charge in [-0.2, -0.15) is 5.10 Å². The van der Waals surface area contributed by atoms with E-state index in [1.807, 2.05) is 18.2 Å². The maximum absolute atomic E-state index is 12.8. The summed E-state index contributed by atoms with van der Waals surface area (Å²) in [7, 11) is -2.81. The molecule has 3 heterocycles. The molecule has 250 valence electrons. The fourth-order valence-corrected chi connectivity index (χ4v) is 11.3. The third-order valence-electron chi connectivity index (χ3n) is 8.59. The van der Waals surface area contributed by atoms with E-state index in [4.69, 9.17) is 4.43 Å². The molecule has 1 amide bonds. The van der Waals surface area contributed by atoms with Crippen LogP contribution in [-0.4, -0.2) is 59.8 Å². The summed E-state index contributed by atoms with van der Waals surface area (Å²) in [5.74, 6) is -0.367. The van der Waals surface area contributed by atoms with Crippen LogP contribution in [0.25, 0.3) is 16.7 Å². The third kappa shape index (κ3) is 6.60. The molecule has 1 atom stereocenters. The van der Waals surface area contributed by atoms with Crippen LogP contribution in [0, 0.1) is 0 Å². The summed E-state index contributed by atoms with van der Waals surface area (Å²) in [6, 6.07) is 28.1. The highest BCUT2D eigenvalue weighted by Gasteiger charge is 2.52. The number of benzene rings is 3. The van der Waals surface area contributed by atoms with E-state index >= 15 is 0 Å². The Labute approximate surface area is 277 Å². The number of hydrogen-bond donors (Lipinski definition) is 2. The van der Waals surface area contributed by atoms with E-state index in [1.165, 1.54) is 39.3 Å². The topological polar surface area (TPSA) is 102 Å². The van der Waals surface area contributed by atoms with Gasteiger partial charge < -0.3 is 24.5 Å². The summed E-state index contributed by atoms with van der Waals surface area (Å²) in [6.45, 7) is 7.91. The summed E-state index contributed by atoms with van der Waals surface area (Å²) >= 11 is 0. The second-order valence-corrected chi connectivity index (χ2v) is 17.0. The lowest BCUT2D eigenvalue weighted by Gasteiger charge is -2.44. The Morgan fingerprint density at radius 3 is 2.15 bits per heavy atom. The van der Waals surface area contributed by atoms with Gasteiger partial charge in [-0.05, 0) is 52.2 Å². The molecule has 13 heteroatoms. The van der Waals surface area contributed by atoms with Gasteiger partial charge in [0, 0.05) is 19.3 Å². The monoisotopic (exact) mass is 675 g/mol. The number of halogens is 3. The molecule has 5 aromatic rings. The number of rotatable bonds is 9. The molecule has 0 radical (unpaired) electrons. The number of anilines is 1. The molecule has 0 bridgehead atoms. The molecule has 1 fully saturated rings. The van der Waals surface area contributed by atoms with Gasteiger partial charge >= 0.3 is 12.5 Å². The first-order valence-electron chi connectivity index (χ1n) is 15.6. The molecule has 1 aliphatic rings. The number of amides is 1. The molecule has 2 N–H and O–H groups in total. The number of pyridine rings is 1. The predicted octanol–water partition coefficient (Wildman–Crippen LogP) is 6.24. The lowest BCUT2D eigenvalue weighted by Crippen LogP contribution is -2.67. The molecule has 48 heavy (non-hydrogen) atoms. The van der Waals surface area contributed by atoms with E-state index in [1.54, 1.807) is 6.20 Å². The number of carbonyl (C=O) groups is 1. The summed E-state index contributed by atoms with van der Waals surface area (Å²) < 4.78 is 51.2. The smallest absolute Gasteiger partial charge is 0.465 e. The van der Waals surface area contributed by atoms with Crippen LogP contribution in [0.4, 0.5) is 23.7 Å². The number of nitrogens with zero attached hydrogens (tertiary/aromatic N) is 4. The number of aromatic nitrogens is 3. The first-order valence-corrected chi connectivity index (χ1v) is 17.5. The standard InChI is InChI=1S/C35H36F3N5O4Si/c1-34(2,3)48(27-10-6-4-7-11-27,28-12-8-5-9-13-28)47-26-19-21-42(23-26)30-18-20-39-32-31(30)29(22-40-33(44)45)41-43(32)24-14-16-25(17-15-24)46-35(36,37)38/h4-18,20,26,40H,19,21-23H2,1-3H3,(H,44,45). The van der Waals surface area contributed by atoms with Crippen LogP contribution in [0.5, 0.6) is 5.75 Å². The number of hydrogen-bond acceptors (Lipinski definition) is 6. The van der Waals surface area contributed by atoms with E-state index in [0.29, 0.717) is 35.5 Å². The zero-order chi connectivity index (χ0) is 34.1. The average molecular weight is 676 g/mol. The van der Waals surface area contributed by atoms with Crippen LogP contribution in [-0.2, 0) is 11.0 Å². The first-order chi connectivity index (χ1) is 22.9. The molecule has 0 aliphatic carbocycles. The summed E-state index contributed by atoms with van der Waals surface area (Å²) in [6.07, 6.45) is -3.71. The fraction of sp³-hybridized carbons (Fsp3) is 0.286. The van der Waals surface area contributed by atoms with Crippen molar-refractivity contribution in [2.24, 2.45) is 0 Å². The highest BCUT2D eigenvalue weighted by molar-refractivity contribution is 6.99.